The number of nitrogens with one attached hydrogen (secondary N) is 2. The van der Waals surface area contributed by atoms with Crippen molar-refractivity contribution in [3.05, 3.63) is 110 Å². The smallest absolute Gasteiger partial charge is 0.425 e. The van der Waals surface area contributed by atoms with Crippen molar-refractivity contribution >= 4 is 53.2 Å². The Hall–Kier alpha value is -8.87. The molecule has 33 heteroatoms. The van der Waals surface area contributed by atoms with E-state index in [0.29, 0.717) is 44.3 Å². The van der Waals surface area contributed by atoms with Gasteiger partial charge in [0, 0.05) is 129 Å². The number of ether oxygens (including phenoxy) is 11. The molecule has 0 spiro atoms. The SMILES string of the molecule is CC[C@H]1OC(=O)[C@H](C)C(=O)[C@H](C)[C@@H](OC2O[C@H](C)C[C@H](N(C)C)[C@H]2O)[C@@](C)(OC)C[C@@H](C)C(=O)[C@H](C)[C@@H]2C1OC(=O)N2NCCC(C)n1cnc(-c2cccnc2)c1.CC[C@H]1OC(=O)[C@H](C)C(=O)[C@H](C)[C@@H](OC2O[C@H](C)C[C@H](N(C)C)[C@H]2OC(=O)c2ccccc2)[C@@](C)(OC)C[C@@H](C)C(=O)[C@H](C)[C@@H]2C1OC(=O)N2NCCC(C)n1cnc(-c2cccnc2)c1. The minimum Gasteiger partial charge on any atom is -0.458 e. The summed E-state index contributed by atoms with van der Waals surface area (Å²) in [7, 11) is 10.5. The van der Waals surface area contributed by atoms with Crippen molar-refractivity contribution in [3.63, 3.8) is 0 Å². The van der Waals surface area contributed by atoms with E-state index in [0.717, 1.165) is 22.5 Å². The van der Waals surface area contributed by atoms with Crippen LogP contribution in [-0.4, -0.2) is 272 Å². The van der Waals surface area contributed by atoms with E-state index < -0.39 is 174 Å². The van der Waals surface area contributed by atoms with Gasteiger partial charge in [-0.15, -0.1) is 0 Å². The first kappa shape index (κ1) is 97.3. The van der Waals surface area contributed by atoms with Crippen molar-refractivity contribution in [2.24, 2.45) is 47.3 Å². The van der Waals surface area contributed by atoms with Gasteiger partial charge in [-0.25, -0.2) is 45.2 Å². The van der Waals surface area contributed by atoms with Crippen LogP contribution in [-0.2, 0) is 80.9 Å². The lowest BCUT2D eigenvalue weighted by Gasteiger charge is -2.47. The van der Waals surface area contributed by atoms with Gasteiger partial charge in [0.05, 0.1) is 71.3 Å². The van der Waals surface area contributed by atoms with E-state index in [1.807, 2.05) is 111 Å². The highest BCUT2D eigenvalue weighted by Gasteiger charge is 2.58. The van der Waals surface area contributed by atoms with Crippen LogP contribution in [0.25, 0.3) is 22.5 Å². The summed E-state index contributed by atoms with van der Waals surface area (Å²) in [6.45, 7) is 29.0. The molecule has 0 radical (unpaired) electrons. The van der Waals surface area contributed by atoms with E-state index in [1.54, 1.807) is 137 Å². The molecule has 0 saturated carbocycles. The molecule has 3 N–H and O–H groups in total. The Kier molecular flexibility index (Phi) is 33.5. The molecule has 0 aliphatic carbocycles. The molecule has 11 rings (SSSR count). The van der Waals surface area contributed by atoms with Crippen LogP contribution in [0, 0.1) is 47.3 Å². The number of carbonyl (C=O) groups excluding carboxylic acids is 9. The number of hydrazine groups is 2. The Morgan fingerprint density at radius 1 is 0.556 bits per heavy atom. The van der Waals surface area contributed by atoms with Crippen molar-refractivity contribution in [1.82, 2.24) is 59.7 Å². The molecule has 33 nitrogen and oxygen atoms in total. The van der Waals surface area contributed by atoms with Crippen molar-refractivity contribution in [2.45, 2.75) is 283 Å². The number of cyclic esters (lactones) is 2. The number of aliphatic hydroxyl groups excluding tert-OH is 1. The number of pyridine rings is 2. The molecule has 10 heterocycles. The summed E-state index contributed by atoms with van der Waals surface area (Å²) in [6, 6.07) is 13.8. The minimum atomic E-state index is -1.35. The molecular weight excluding hydrogens is 1600 g/mol. The monoisotopic (exact) mass is 1730 g/mol. The molecule has 6 aliphatic heterocycles. The standard InChI is InChI=1S/C49H68N6O11.C42H64N6O10/c1-12-38-43-39(55(48(60)65-43)52-22-20-29(3)54-26-36(51-27-54)35-19-16-21-50-25-35)31(5)40(56)28(2)24-49(8,61-11)44(32(6)41(57)33(7)45(58)63-38)66-47-42(37(53(9)10)23-30(4)62-47)64-46(59)34-17-14-13-15-18-34;1-12-32-37-33(48(41(53)57-37)45-17-15-24(3)47-21-30(44-22-47)29-14-13-16-43-20-29)26(5)34(49)23(2)19-42(8,54-11)38(27(6)35(50)28(7)39(52)56-32)58-40-36(51)31(46(9)10)18-25(4)55-40/h13-19,21,25-33,37-39,42-44,47,52H,12,20,22-24H2,1-11H3;13-14,16,20-28,31-33,36-38,40,45,51H,12,15,17-19H2,1-11H3/t28-,29?,30-,31-,32+,33-,37+,38-,39-,42-,43?,44-,47?,49+;23-,24?,25-,26-,27+,28-,31+,32-,33-,36-,37?,38-,40?,42+/m11/s1. The van der Waals surface area contributed by atoms with E-state index in [1.165, 1.54) is 38.1 Å². The highest BCUT2D eigenvalue weighted by Crippen LogP contribution is 2.43. The quantitative estimate of drug-likeness (QED) is 0.0293. The Morgan fingerprint density at radius 3 is 1.36 bits per heavy atom. The lowest BCUT2D eigenvalue weighted by atomic mass is 9.75. The normalized spacial score (nSPS) is 34.3. The third-order valence-corrected chi connectivity index (χ3v) is 26.2. The molecule has 6 unspecified atom stereocenters. The average Bonchev–Trinajstić information content (AvgIpc) is 1.16. The summed E-state index contributed by atoms with van der Waals surface area (Å²) >= 11 is 0. The molecule has 2 amide bonds. The number of esters is 3. The highest BCUT2D eigenvalue weighted by atomic mass is 16.7. The number of fused-ring (bicyclic) bond motifs is 2. The number of ketones is 4. The fourth-order valence-corrected chi connectivity index (χ4v) is 18.5. The highest BCUT2D eigenvalue weighted by molar-refractivity contribution is 6.01. The van der Waals surface area contributed by atoms with Gasteiger partial charge in [0.15, 0.2) is 42.5 Å². The van der Waals surface area contributed by atoms with E-state index in [-0.39, 0.29) is 73.6 Å². The van der Waals surface area contributed by atoms with Gasteiger partial charge in [-0.1, -0.05) is 73.6 Å². The number of hydrogen-bond donors (Lipinski definition) is 3. The zero-order valence-corrected chi connectivity index (χ0v) is 76.0. The van der Waals surface area contributed by atoms with Crippen LogP contribution < -0.4 is 10.9 Å². The molecule has 6 saturated heterocycles. The van der Waals surface area contributed by atoms with Gasteiger partial charge in [-0.3, -0.25) is 38.7 Å². The Balaban J connectivity index is 0.000000262. The molecule has 4 aromatic heterocycles. The van der Waals surface area contributed by atoms with Crippen LogP contribution in [0.5, 0.6) is 0 Å². The topological polar surface area (TPSA) is 374 Å². The molecule has 5 aromatic rings. The minimum absolute atomic E-state index is 0.00679. The molecule has 124 heavy (non-hydrogen) atoms. The zero-order valence-electron chi connectivity index (χ0n) is 76.0. The summed E-state index contributed by atoms with van der Waals surface area (Å²) in [4.78, 5) is 149. The van der Waals surface area contributed by atoms with Crippen molar-refractivity contribution in [2.75, 3.05) is 55.5 Å². The summed E-state index contributed by atoms with van der Waals surface area (Å²) in [5.74, 6) is -11.0. The molecular formula is C91H132N12O21. The summed E-state index contributed by atoms with van der Waals surface area (Å²) < 4.78 is 72.7. The van der Waals surface area contributed by atoms with E-state index >= 15 is 0 Å². The Labute approximate surface area is 728 Å². The number of carbonyl (C=O) groups is 9. The van der Waals surface area contributed by atoms with Gasteiger partial charge >= 0.3 is 30.1 Å². The van der Waals surface area contributed by atoms with Crippen molar-refractivity contribution in [1.29, 1.82) is 0 Å². The maximum Gasteiger partial charge on any atom is 0.425 e. The number of imidazole rings is 2. The predicted octanol–water partition coefficient (Wildman–Crippen LogP) is 10.3. The molecule has 1 aromatic carbocycles. The molecule has 6 aliphatic rings. The van der Waals surface area contributed by atoms with Gasteiger partial charge in [0.25, 0.3) is 0 Å². The Morgan fingerprint density at radius 2 is 0.968 bits per heavy atom. The average molecular weight is 1730 g/mol. The van der Waals surface area contributed by atoms with Crippen LogP contribution >= 0.6 is 0 Å². The van der Waals surface area contributed by atoms with Crippen LogP contribution in [0.4, 0.5) is 9.59 Å². The predicted molar refractivity (Wildman–Crippen MR) is 455 cm³/mol. The summed E-state index contributed by atoms with van der Waals surface area (Å²) in [5, 5.41) is 14.1. The zero-order chi connectivity index (χ0) is 90.7. The Bertz CT molecular complexity index is 4410. The number of amides is 2. The van der Waals surface area contributed by atoms with Crippen molar-refractivity contribution in [3.8, 4) is 22.5 Å². The first-order valence-electron chi connectivity index (χ1n) is 43.7. The lowest BCUT2D eigenvalue weighted by Crippen LogP contribution is -2.60. The summed E-state index contributed by atoms with van der Waals surface area (Å²) in [6.07, 6.45) is 4.79. The van der Waals surface area contributed by atoms with E-state index in [2.05, 4.69) is 30.8 Å². The molecule has 28 atom stereocenters. The van der Waals surface area contributed by atoms with Crippen LogP contribution in [0.2, 0.25) is 0 Å². The second-order valence-corrected chi connectivity index (χ2v) is 35.6. The lowest BCUT2D eigenvalue weighted by molar-refractivity contribution is -0.295. The number of rotatable bonds is 24. The largest absolute Gasteiger partial charge is 0.458 e. The van der Waals surface area contributed by atoms with E-state index in [4.69, 9.17) is 52.1 Å². The first-order valence-corrected chi connectivity index (χ1v) is 43.7. The van der Waals surface area contributed by atoms with Crippen molar-refractivity contribution < 1.29 is 100 Å². The van der Waals surface area contributed by atoms with Gasteiger partial charge in [0.2, 0.25) is 0 Å². The van der Waals surface area contributed by atoms with Crippen LogP contribution in [0.15, 0.2) is 104 Å². The first-order chi connectivity index (χ1) is 58.8. The van der Waals surface area contributed by atoms with Gasteiger partial charge in [-0.05, 0) is 171 Å². The molecule has 682 valence electrons. The molecule has 6 fully saturated rings. The fourth-order valence-electron chi connectivity index (χ4n) is 18.5. The number of methoxy groups -OCH3 is 2. The number of likely N-dealkylation sites (N-methyl/N-ethyl adjacent to an activating group) is 2. The van der Waals surface area contributed by atoms with Gasteiger partial charge in [-0.2, -0.15) is 0 Å². The van der Waals surface area contributed by atoms with Gasteiger partial charge in [0.1, 0.15) is 53.8 Å². The number of aliphatic hydroxyl groups is 1. The van der Waals surface area contributed by atoms with E-state index in [9.17, 15) is 48.3 Å². The maximum absolute atomic E-state index is 14.8. The number of benzene rings is 1. The number of hydrogen-bond acceptors (Lipinski definition) is 29. The maximum atomic E-state index is 14.8. The third-order valence-electron chi connectivity index (χ3n) is 26.2. The second-order valence-electron chi connectivity index (χ2n) is 35.6. The number of Topliss-reactive ketones (excluding diaryl/α,β-unsaturated/α-hetero) is 4. The van der Waals surface area contributed by atoms with Crippen LogP contribution in [0.3, 0.4) is 0 Å². The molecule has 0 bridgehead atoms. The third kappa shape index (κ3) is 22.2. The second kappa shape index (κ2) is 42.6. The number of aromatic nitrogens is 6. The van der Waals surface area contributed by atoms with Gasteiger partial charge < -0.3 is 76.1 Å². The number of nitrogens with zero attached hydrogens (tertiary/aromatic N) is 10. The fraction of sp³-hybridized carbons (Fsp3) is 0.659. The summed E-state index contributed by atoms with van der Waals surface area (Å²) in [5.41, 5.74) is 7.56. The van der Waals surface area contributed by atoms with Crippen LogP contribution in [0.1, 0.15) is 185 Å².